The summed E-state index contributed by atoms with van der Waals surface area (Å²) in [5, 5.41) is 9.42. The first-order valence-corrected chi connectivity index (χ1v) is 17.7. The number of fused-ring (bicyclic) bond motifs is 12. The summed E-state index contributed by atoms with van der Waals surface area (Å²) in [7, 11) is 0. The number of anilines is 3. The maximum atomic E-state index is 6.53. The fourth-order valence-electron chi connectivity index (χ4n) is 7.77. The minimum Gasteiger partial charge on any atom is -0.456 e. The van der Waals surface area contributed by atoms with Gasteiger partial charge in [0.25, 0.3) is 0 Å². The molecule has 0 amide bonds. The molecule has 234 valence electrons. The summed E-state index contributed by atoms with van der Waals surface area (Å²) in [5.41, 5.74) is 9.24. The van der Waals surface area contributed by atoms with Crippen molar-refractivity contribution in [1.82, 2.24) is 0 Å². The molecule has 50 heavy (non-hydrogen) atoms. The van der Waals surface area contributed by atoms with Gasteiger partial charge in [0.1, 0.15) is 22.3 Å². The lowest BCUT2D eigenvalue weighted by Crippen LogP contribution is -2.09. The monoisotopic (exact) mass is 657 g/mol. The van der Waals surface area contributed by atoms with Crippen molar-refractivity contribution in [3.8, 4) is 11.1 Å². The quantitative estimate of drug-likeness (QED) is 0.189. The van der Waals surface area contributed by atoms with Crippen LogP contribution in [0.4, 0.5) is 17.1 Å². The zero-order chi connectivity index (χ0) is 32.8. The van der Waals surface area contributed by atoms with Crippen LogP contribution >= 0.6 is 11.3 Å². The van der Waals surface area contributed by atoms with Gasteiger partial charge in [-0.2, -0.15) is 0 Å². The number of thiophene rings is 1. The molecule has 0 unspecified atom stereocenters. The lowest BCUT2D eigenvalue weighted by Gasteiger charge is -2.25. The molecular weight excluding hydrogens is 631 g/mol. The van der Waals surface area contributed by atoms with E-state index in [1.807, 2.05) is 17.4 Å². The Morgan fingerprint density at radius 1 is 0.420 bits per heavy atom. The third-order valence-corrected chi connectivity index (χ3v) is 11.2. The van der Waals surface area contributed by atoms with Crippen LogP contribution in [0.25, 0.3) is 85.9 Å². The van der Waals surface area contributed by atoms with Crippen molar-refractivity contribution in [2.24, 2.45) is 0 Å². The van der Waals surface area contributed by atoms with Crippen LogP contribution in [0.3, 0.4) is 0 Å². The second-order valence-electron chi connectivity index (χ2n) is 12.9. The van der Waals surface area contributed by atoms with Crippen LogP contribution in [0.5, 0.6) is 0 Å². The average Bonchev–Trinajstić information content (AvgIpc) is 3.86. The number of furan rings is 2. The predicted molar refractivity (Wildman–Crippen MR) is 212 cm³/mol. The number of nitrogens with zero attached hydrogens (tertiary/aromatic N) is 1. The molecule has 0 radical (unpaired) electrons. The Morgan fingerprint density at radius 2 is 1.14 bits per heavy atom. The van der Waals surface area contributed by atoms with Crippen LogP contribution in [-0.2, 0) is 0 Å². The van der Waals surface area contributed by atoms with Crippen molar-refractivity contribution in [1.29, 1.82) is 0 Å². The predicted octanol–water partition coefficient (Wildman–Crippen LogP) is 14.1. The number of hydrogen-bond acceptors (Lipinski definition) is 4. The molecule has 0 aliphatic carbocycles. The van der Waals surface area contributed by atoms with Gasteiger partial charge >= 0.3 is 0 Å². The molecule has 0 bridgehead atoms. The van der Waals surface area contributed by atoms with Gasteiger partial charge in [0.2, 0.25) is 0 Å². The molecule has 8 aromatic carbocycles. The minimum atomic E-state index is 0.874. The van der Waals surface area contributed by atoms with E-state index >= 15 is 0 Å². The van der Waals surface area contributed by atoms with Gasteiger partial charge in [0.15, 0.2) is 0 Å². The molecule has 11 rings (SSSR count). The highest BCUT2D eigenvalue weighted by atomic mass is 32.1. The van der Waals surface area contributed by atoms with Gasteiger partial charge in [0.05, 0.1) is 0 Å². The van der Waals surface area contributed by atoms with Crippen molar-refractivity contribution >= 4 is 103 Å². The third kappa shape index (κ3) is 4.03. The SMILES string of the molecule is c1ccc(N(c2ccc(-c3cc4c5ccccc5oc4c4c3sc3ccccc34)cc2)c2ccc3c(c2)oc2ccc4ccccc4c23)cc1. The highest BCUT2D eigenvalue weighted by molar-refractivity contribution is 7.26. The van der Waals surface area contributed by atoms with E-state index in [0.29, 0.717) is 0 Å². The van der Waals surface area contributed by atoms with E-state index in [2.05, 4.69) is 163 Å². The molecule has 3 heterocycles. The smallest absolute Gasteiger partial charge is 0.144 e. The molecule has 3 nitrogen and oxygen atoms in total. The summed E-state index contributed by atoms with van der Waals surface area (Å²) < 4.78 is 15.5. The Kier molecular flexibility index (Phi) is 5.83. The molecule has 0 N–H and O–H groups in total. The Balaban J connectivity index is 1.08. The lowest BCUT2D eigenvalue weighted by atomic mass is 9.98. The molecule has 0 fully saturated rings. The number of hydrogen-bond donors (Lipinski definition) is 0. The summed E-state index contributed by atoms with van der Waals surface area (Å²) in [6.07, 6.45) is 0. The van der Waals surface area contributed by atoms with E-state index in [1.165, 1.54) is 42.1 Å². The van der Waals surface area contributed by atoms with Crippen molar-refractivity contribution in [2.45, 2.75) is 0 Å². The Morgan fingerprint density at radius 3 is 2.02 bits per heavy atom. The van der Waals surface area contributed by atoms with E-state index < -0.39 is 0 Å². The number of rotatable bonds is 4. The summed E-state index contributed by atoms with van der Waals surface area (Å²) >= 11 is 1.83. The summed E-state index contributed by atoms with van der Waals surface area (Å²) in [5.74, 6) is 0. The lowest BCUT2D eigenvalue weighted by molar-refractivity contribution is 0.669. The first-order valence-electron chi connectivity index (χ1n) is 16.8. The molecule has 0 aliphatic heterocycles. The van der Waals surface area contributed by atoms with Crippen LogP contribution in [-0.4, -0.2) is 0 Å². The first-order chi connectivity index (χ1) is 24.8. The number of benzene rings is 8. The average molecular weight is 658 g/mol. The Labute approximate surface area is 290 Å². The highest BCUT2D eigenvalue weighted by Gasteiger charge is 2.20. The topological polar surface area (TPSA) is 29.5 Å². The van der Waals surface area contributed by atoms with Crippen LogP contribution in [0.2, 0.25) is 0 Å². The standard InChI is InChI=1S/C46H27NO2S/c1-2-11-30(12-3-1)47(32-23-24-35-41(26-32)48-40-25-20-28-10-4-5-13-33(28)43(35)40)31-21-18-29(19-22-31)37-27-38-34-14-6-8-16-39(34)49-45(38)44-36-15-7-9-17-42(36)50-46(37)44/h1-27H. The molecule has 0 saturated heterocycles. The van der Waals surface area contributed by atoms with Gasteiger partial charge in [-0.25, -0.2) is 0 Å². The molecule has 0 saturated carbocycles. The summed E-state index contributed by atoms with van der Waals surface area (Å²) in [4.78, 5) is 2.30. The minimum absolute atomic E-state index is 0.874. The van der Waals surface area contributed by atoms with Crippen LogP contribution in [0.15, 0.2) is 173 Å². The van der Waals surface area contributed by atoms with Gasteiger partial charge < -0.3 is 13.7 Å². The van der Waals surface area contributed by atoms with E-state index in [4.69, 9.17) is 8.83 Å². The highest BCUT2D eigenvalue weighted by Crippen LogP contribution is 2.47. The van der Waals surface area contributed by atoms with E-state index in [9.17, 15) is 0 Å². The molecular formula is C46H27NO2S. The fraction of sp³-hybridized carbons (Fsp3) is 0. The van der Waals surface area contributed by atoms with Crippen molar-refractivity contribution in [2.75, 3.05) is 4.90 Å². The zero-order valence-corrected chi connectivity index (χ0v) is 27.6. The van der Waals surface area contributed by atoms with Crippen LogP contribution < -0.4 is 4.90 Å². The maximum absolute atomic E-state index is 6.53. The van der Waals surface area contributed by atoms with E-state index in [0.717, 1.165) is 60.9 Å². The van der Waals surface area contributed by atoms with Gasteiger partial charge in [-0.1, -0.05) is 97.1 Å². The molecule has 4 heteroatoms. The normalized spacial score (nSPS) is 12.0. The van der Waals surface area contributed by atoms with Crippen LogP contribution in [0, 0.1) is 0 Å². The molecule has 0 spiro atoms. The maximum Gasteiger partial charge on any atom is 0.144 e. The Hall–Kier alpha value is -6.36. The molecule has 11 aromatic rings. The zero-order valence-electron chi connectivity index (χ0n) is 26.8. The largest absolute Gasteiger partial charge is 0.456 e. The van der Waals surface area contributed by atoms with E-state index in [-0.39, 0.29) is 0 Å². The number of para-hydroxylation sites is 2. The Bertz CT molecular complexity index is 3090. The molecule has 0 aliphatic rings. The van der Waals surface area contributed by atoms with Crippen molar-refractivity contribution in [3.05, 3.63) is 164 Å². The van der Waals surface area contributed by atoms with Gasteiger partial charge in [-0.3, -0.25) is 0 Å². The second-order valence-corrected chi connectivity index (χ2v) is 13.9. The summed E-state index contributed by atoms with van der Waals surface area (Å²) in [6, 6.07) is 58.2. The first kappa shape index (κ1) is 27.6. The third-order valence-electron chi connectivity index (χ3n) is 10.0. The molecule has 0 atom stereocenters. The summed E-state index contributed by atoms with van der Waals surface area (Å²) in [6.45, 7) is 0. The van der Waals surface area contributed by atoms with Gasteiger partial charge in [-0.15, -0.1) is 11.3 Å². The van der Waals surface area contributed by atoms with E-state index in [1.54, 1.807) is 0 Å². The van der Waals surface area contributed by atoms with Crippen molar-refractivity contribution < 1.29 is 8.83 Å². The molecule has 3 aromatic heterocycles. The van der Waals surface area contributed by atoms with Gasteiger partial charge in [-0.05, 0) is 77.0 Å². The van der Waals surface area contributed by atoms with Crippen LogP contribution in [0.1, 0.15) is 0 Å². The van der Waals surface area contributed by atoms with Crippen molar-refractivity contribution in [3.63, 3.8) is 0 Å². The van der Waals surface area contributed by atoms with Gasteiger partial charge in [0, 0.05) is 70.4 Å². The fourth-order valence-corrected chi connectivity index (χ4v) is 9.01. The second kappa shape index (κ2) is 10.6.